The second kappa shape index (κ2) is 6.77. The fourth-order valence-electron chi connectivity index (χ4n) is 1.48. The molecule has 0 aliphatic heterocycles. The molecule has 0 atom stereocenters. The highest BCUT2D eigenvalue weighted by Gasteiger charge is 2.04. The number of nitrogens with zero attached hydrogens (tertiary/aromatic N) is 1. The van der Waals surface area contributed by atoms with E-state index in [9.17, 15) is 4.79 Å². The zero-order chi connectivity index (χ0) is 14.4. The second-order valence-corrected chi connectivity index (χ2v) is 4.51. The van der Waals surface area contributed by atoms with E-state index >= 15 is 0 Å². The van der Waals surface area contributed by atoms with E-state index < -0.39 is 0 Å². The Morgan fingerprint density at radius 1 is 1.25 bits per heavy atom. The molecule has 0 saturated carbocycles. The van der Waals surface area contributed by atoms with Crippen LogP contribution >= 0.6 is 11.6 Å². The molecule has 0 unspecified atom stereocenters. The van der Waals surface area contributed by atoms with E-state index in [2.05, 4.69) is 10.3 Å². The first-order chi connectivity index (χ1) is 9.63. The molecule has 3 N–H and O–H groups in total. The molecule has 104 valence electrons. The van der Waals surface area contributed by atoms with Gasteiger partial charge in [-0.3, -0.25) is 4.79 Å². The molecule has 0 aliphatic rings. The van der Waals surface area contributed by atoms with E-state index in [-0.39, 0.29) is 18.9 Å². The van der Waals surface area contributed by atoms with Gasteiger partial charge in [0, 0.05) is 11.9 Å². The minimum absolute atomic E-state index is 0.171. The molecule has 20 heavy (non-hydrogen) atoms. The van der Waals surface area contributed by atoms with Gasteiger partial charge in [-0.1, -0.05) is 11.6 Å². The van der Waals surface area contributed by atoms with Crippen molar-refractivity contribution in [3.63, 3.8) is 0 Å². The summed E-state index contributed by atoms with van der Waals surface area (Å²) in [7, 11) is 0. The quantitative estimate of drug-likeness (QED) is 0.830. The van der Waals surface area contributed by atoms with Crippen LogP contribution in [0.5, 0.6) is 5.75 Å². The normalized spacial score (nSPS) is 10.1. The van der Waals surface area contributed by atoms with Gasteiger partial charge in [0.05, 0.1) is 18.1 Å². The molecule has 0 saturated heterocycles. The van der Waals surface area contributed by atoms with Crippen LogP contribution in [0.1, 0.15) is 6.42 Å². The lowest BCUT2D eigenvalue weighted by Gasteiger charge is -2.07. The van der Waals surface area contributed by atoms with Crippen molar-refractivity contribution in [2.75, 3.05) is 17.7 Å². The van der Waals surface area contributed by atoms with Crippen LogP contribution in [0.3, 0.4) is 0 Å². The molecule has 2 rings (SSSR count). The van der Waals surface area contributed by atoms with Crippen LogP contribution in [-0.2, 0) is 4.79 Å². The highest BCUT2D eigenvalue weighted by atomic mass is 35.5. The molecule has 0 aliphatic carbocycles. The first-order valence-electron chi connectivity index (χ1n) is 6.03. The van der Waals surface area contributed by atoms with Crippen LogP contribution in [0.25, 0.3) is 0 Å². The molecule has 1 heterocycles. The number of pyridine rings is 1. The first kappa shape index (κ1) is 14.1. The molecule has 1 aromatic heterocycles. The SMILES string of the molecule is Nc1ccc(OCCC(=O)Nc2ccc(Cl)cn2)cc1. The number of aromatic nitrogens is 1. The average Bonchev–Trinajstić information content (AvgIpc) is 2.44. The summed E-state index contributed by atoms with van der Waals surface area (Å²) in [6, 6.07) is 10.3. The predicted octanol–water partition coefficient (Wildman–Crippen LogP) is 2.72. The van der Waals surface area contributed by atoms with Gasteiger partial charge in [-0.05, 0) is 36.4 Å². The van der Waals surface area contributed by atoms with Crippen molar-refractivity contribution >= 4 is 29.0 Å². The molecule has 2 aromatic rings. The molecule has 6 heteroatoms. The maximum absolute atomic E-state index is 11.7. The van der Waals surface area contributed by atoms with Gasteiger partial charge in [0.25, 0.3) is 0 Å². The minimum atomic E-state index is -0.171. The third-order valence-electron chi connectivity index (χ3n) is 2.47. The third kappa shape index (κ3) is 4.44. The number of nitrogens with one attached hydrogen (secondary N) is 1. The number of rotatable bonds is 5. The number of ether oxygens (including phenoxy) is 1. The summed E-state index contributed by atoms with van der Waals surface area (Å²) in [5.74, 6) is 0.971. The van der Waals surface area contributed by atoms with Crippen LogP contribution in [0.15, 0.2) is 42.6 Å². The Kier molecular flexibility index (Phi) is 4.79. The van der Waals surface area contributed by atoms with Gasteiger partial charge in [-0.15, -0.1) is 0 Å². The van der Waals surface area contributed by atoms with Crippen molar-refractivity contribution in [2.45, 2.75) is 6.42 Å². The number of nitrogens with two attached hydrogens (primary N) is 1. The summed E-state index contributed by atoms with van der Waals surface area (Å²) >= 11 is 5.71. The van der Waals surface area contributed by atoms with Crippen molar-refractivity contribution in [1.82, 2.24) is 4.98 Å². The summed E-state index contributed by atoms with van der Waals surface area (Å²) < 4.78 is 5.43. The number of anilines is 2. The number of benzene rings is 1. The third-order valence-corrected chi connectivity index (χ3v) is 2.70. The Hall–Kier alpha value is -2.27. The molecule has 0 radical (unpaired) electrons. The number of carbonyl (C=O) groups excluding carboxylic acids is 1. The van der Waals surface area contributed by atoms with Crippen LogP contribution in [0.4, 0.5) is 11.5 Å². The lowest BCUT2D eigenvalue weighted by molar-refractivity contribution is -0.116. The van der Waals surface area contributed by atoms with Crippen molar-refractivity contribution in [1.29, 1.82) is 0 Å². The standard InChI is InChI=1S/C14H14ClN3O2/c15-10-1-6-13(17-9-10)18-14(19)7-8-20-12-4-2-11(16)3-5-12/h1-6,9H,7-8,16H2,(H,17,18,19). The maximum Gasteiger partial charge on any atom is 0.228 e. The Morgan fingerprint density at radius 2 is 2.00 bits per heavy atom. The summed E-state index contributed by atoms with van der Waals surface area (Å²) in [5, 5.41) is 3.18. The maximum atomic E-state index is 11.7. The number of carbonyl (C=O) groups is 1. The smallest absolute Gasteiger partial charge is 0.228 e. The number of halogens is 1. The molecule has 5 nitrogen and oxygen atoms in total. The number of nitrogen functional groups attached to an aromatic ring is 1. The number of hydrogen-bond donors (Lipinski definition) is 2. The van der Waals surface area contributed by atoms with Gasteiger partial charge in [-0.2, -0.15) is 0 Å². The van der Waals surface area contributed by atoms with Crippen molar-refractivity contribution in [3.8, 4) is 5.75 Å². The first-order valence-corrected chi connectivity index (χ1v) is 6.41. The molecule has 1 aromatic carbocycles. The Morgan fingerprint density at radius 3 is 2.65 bits per heavy atom. The summed E-state index contributed by atoms with van der Waals surface area (Å²) in [6.07, 6.45) is 1.71. The van der Waals surface area contributed by atoms with Gasteiger partial charge in [0.1, 0.15) is 11.6 Å². The van der Waals surface area contributed by atoms with Crippen molar-refractivity contribution < 1.29 is 9.53 Å². The Bertz CT molecular complexity index is 570. The van der Waals surface area contributed by atoms with E-state index in [1.165, 1.54) is 6.20 Å². The molecule has 0 spiro atoms. The minimum Gasteiger partial charge on any atom is -0.493 e. The molecular formula is C14H14ClN3O2. The van der Waals surface area contributed by atoms with Crippen LogP contribution in [0, 0.1) is 0 Å². The fraction of sp³-hybridized carbons (Fsp3) is 0.143. The van der Waals surface area contributed by atoms with E-state index in [1.807, 2.05) is 0 Å². The van der Waals surface area contributed by atoms with Crippen molar-refractivity contribution in [3.05, 3.63) is 47.6 Å². The summed E-state index contributed by atoms with van der Waals surface area (Å²) in [6.45, 7) is 0.281. The van der Waals surface area contributed by atoms with Crippen LogP contribution < -0.4 is 15.8 Å². The lowest BCUT2D eigenvalue weighted by atomic mass is 10.3. The largest absolute Gasteiger partial charge is 0.493 e. The lowest BCUT2D eigenvalue weighted by Crippen LogP contribution is -2.15. The molecule has 0 fully saturated rings. The second-order valence-electron chi connectivity index (χ2n) is 4.08. The zero-order valence-corrected chi connectivity index (χ0v) is 11.4. The number of hydrogen-bond acceptors (Lipinski definition) is 4. The topological polar surface area (TPSA) is 77.2 Å². The van der Waals surface area contributed by atoms with Gasteiger partial charge >= 0.3 is 0 Å². The van der Waals surface area contributed by atoms with Crippen molar-refractivity contribution in [2.24, 2.45) is 0 Å². The van der Waals surface area contributed by atoms with Gasteiger partial charge in [0.15, 0.2) is 0 Å². The van der Waals surface area contributed by atoms with Gasteiger partial charge in [0.2, 0.25) is 5.91 Å². The van der Waals surface area contributed by atoms with Crippen LogP contribution in [-0.4, -0.2) is 17.5 Å². The monoisotopic (exact) mass is 291 g/mol. The van der Waals surface area contributed by atoms with E-state index in [0.717, 1.165) is 0 Å². The Balaban J connectivity index is 1.75. The molecule has 0 bridgehead atoms. The molecular weight excluding hydrogens is 278 g/mol. The number of amides is 1. The van der Waals surface area contributed by atoms with E-state index in [4.69, 9.17) is 22.1 Å². The molecule has 1 amide bonds. The zero-order valence-electron chi connectivity index (χ0n) is 10.7. The average molecular weight is 292 g/mol. The van der Waals surface area contributed by atoms with E-state index in [0.29, 0.717) is 22.3 Å². The summed E-state index contributed by atoms with van der Waals surface area (Å²) in [5.41, 5.74) is 6.23. The Labute approximate surface area is 121 Å². The highest BCUT2D eigenvalue weighted by molar-refractivity contribution is 6.30. The van der Waals surface area contributed by atoms with Crippen LogP contribution in [0.2, 0.25) is 5.02 Å². The predicted molar refractivity (Wildman–Crippen MR) is 78.8 cm³/mol. The summed E-state index contributed by atoms with van der Waals surface area (Å²) in [4.78, 5) is 15.6. The fourth-order valence-corrected chi connectivity index (χ4v) is 1.59. The van der Waals surface area contributed by atoms with E-state index in [1.54, 1.807) is 36.4 Å². The van der Waals surface area contributed by atoms with Gasteiger partial charge < -0.3 is 15.8 Å². The highest BCUT2D eigenvalue weighted by Crippen LogP contribution is 2.13. The van der Waals surface area contributed by atoms with Gasteiger partial charge in [-0.25, -0.2) is 4.98 Å².